The van der Waals surface area contributed by atoms with E-state index in [2.05, 4.69) is 0 Å². The van der Waals surface area contributed by atoms with Crippen LogP contribution in [0.1, 0.15) is 40.5 Å². The molecule has 2 aliphatic rings. The molecule has 1 spiro atoms. The fraction of sp³-hybridized carbons (Fsp3) is 0.643. The molecule has 1 fully saturated rings. The first-order valence-electron chi connectivity index (χ1n) is 5.99. The van der Waals surface area contributed by atoms with Crippen molar-refractivity contribution in [3.8, 4) is 0 Å². The van der Waals surface area contributed by atoms with Crippen LogP contribution in [0.4, 0.5) is 0 Å². The Kier molecular flexibility index (Phi) is 2.39. The zero-order chi connectivity index (χ0) is 12.1. The third-order valence-electron chi connectivity index (χ3n) is 4.03. The number of carbonyl (C=O) groups is 1. The third-order valence-corrected chi connectivity index (χ3v) is 4.03. The Bertz CT molecular complexity index is 393. The molecule has 88 valence electrons. The number of hydrogen-bond acceptors (Lipinski definition) is 2. The van der Waals surface area contributed by atoms with Crippen molar-refractivity contribution in [2.75, 3.05) is 0 Å². The Hall–Kier alpha value is -0.890. The van der Waals surface area contributed by atoms with Gasteiger partial charge in [-0.15, -0.1) is 0 Å². The molecule has 1 saturated carbocycles. The molecule has 0 radical (unpaired) electrons. The SMILES string of the molecule is CC1=C/C(=C\C(C)C)C(=O)C(C)(O)C12CC2. The molecule has 0 aromatic carbocycles. The quantitative estimate of drug-likeness (QED) is 0.690. The van der Waals surface area contributed by atoms with Crippen LogP contribution in [0.2, 0.25) is 0 Å². The summed E-state index contributed by atoms with van der Waals surface area (Å²) in [6.07, 6.45) is 5.77. The van der Waals surface area contributed by atoms with Crippen LogP contribution in [-0.4, -0.2) is 16.5 Å². The first kappa shape index (κ1) is 11.6. The molecule has 0 aliphatic heterocycles. The van der Waals surface area contributed by atoms with Gasteiger partial charge in [-0.2, -0.15) is 0 Å². The number of aliphatic hydroxyl groups is 1. The summed E-state index contributed by atoms with van der Waals surface area (Å²) in [4.78, 5) is 12.2. The molecule has 2 aliphatic carbocycles. The van der Waals surface area contributed by atoms with Crippen molar-refractivity contribution in [1.82, 2.24) is 0 Å². The fourth-order valence-corrected chi connectivity index (χ4v) is 2.81. The molecule has 0 amide bonds. The predicted octanol–water partition coefficient (Wildman–Crippen LogP) is 2.63. The van der Waals surface area contributed by atoms with E-state index in [9.17, 15) is 9.90 Å². The molecule has 2 rings (SSSR count). The lowest BCUT2D eigenvalue weighted by Gasteiger charge is -2.37. The van der Waals surface area contributed by atoms with E-state index in [0.717, 1.165) is 18.4 Å². The summed E-state index contributed by atoms with van der Waals surface area (Å²) in [5.74, 6) is 0.219. The van der Waals surface area contributed by atoms with Gasteiger partial charge in [0.25, 0.3) is 0 Å². The van der Waals surface area contributed by atoms with Gasteiger partial charge in [0, 0.05) is 11.0 Å². The number of Topliss-reactive ketones (excluding diaryl/α,β-unsaturated/α-hetero) is 1. The predicted molar refractivity (Wildman–Crippen MR) is 64.0 cm³/mol. The summed E-state index contributed by atoms with van der Waals surface area (Å²) >= 11 is 0. The average molecular weight is 220 g/mol. The molecule has 1 atom stereocenters. The van der Waals surface area contributed by atoms with Gasteiger partial charge in [0.05, 0.1) is 0 Å². The van der Waals surface area contributed by atoms with Crippen LogP contribution < -0.4 is 0 Å². The van der Waals surface area contributed by atoms with Crippen molar-refractivity contribution in [2.24, 2.45) is 11.3 Å². The van der Waals surface area contributed by atoms with Crippen molar-refractivity contribution in [1.29, 1.82) is 0 Å². The van der Waals surface area contributed by atoms with Gasteiger partial charge in [-0.25, -0.2) is 0 Å². The minimum atomic E-state index is -1.20. The van der Waals surface area contributed by atoms with Crippen molar-refractivity contribution in [2.45, 2.75) is 46.1 Å². The van der Waals surface area contributed by atoms with Gasteiger partial charge in [0.15, 0.2) is 5.78 Å². The highest BCUT2D eigenvalue weighted by Gasteiger charge is 2.62. The Morgan fingerprint density at radius 3 is 2.44 bits per heavy atom. The number of carbonyl (C=O) groups excluding carboxylic acids is 1. The zero-order valence-corrected chi connectivity index (χ0v) is 10.5. The Balaban J connectivity index is 2.49. The molecule has 16 heavy (non-hydrogen) atoms. The first-order chi connectivity index (χ1) is 7.31. The molecule has 2 heteroatoms. The molecule has 0 aromatic heterocycles. The highest BCUT2D eigenvalue weighted by atomic mass is 16.3. The van der Waals surface area contributed by atoms with E-state index < -0.39 is 5.60 Å². The second-order valence-corrected chi connectivity index (χ2v) is 5.68. The minimum absolute atomic E-state index is 0.107. The second-order valence-electron chi connectivity index (χ2n) is 5.68. The fourth-order valence-electron chi connectivity index (χ4n) is 2.81. The first-order valence-corrected chi connectivity index (χ1v) is 5.99. The summed E-state index contributed by atoms with van der Waals surface area (Å²) < 4.78 is 0. The van der Waals surface area contributed by atoms with E-state index in [-0.39, 0.29) is 11.2 Å². The molecule has 0 bridgehead atoms. The highest BCUT2D eigenvalue weighted by Crippen LogP contribution is 2.61. The van der Waals surface area contributed by atoms with Gasteiger partial charge in [-0.3, -0.25) is 4.79 Å². The van der Waals surface area contributed by atoms with Crippen LogP contribution in [0.3, 0.4) is 0 Å². The monoisotopic (exact) mass is 220 g/mol. The maximum absolute atomic E-state index is 12.2. The summed E-state index contributed by atoms with van der Waals surface area (Å²) in [6, 6.07) is 0. The average Bonchev–Trinajstić information content (AvgIpc) is 2.93. The number of rotatable bonds is 1. The van der Waals surface area contributed by atoms with Gasteiger partial charge in [-0.05, 0) is 32.6 Å². The summed E-state index contributed by atoms with van der Waals surface area (Å²) in [6.45, 7) is 7.79. The van der Waals surface area contributed by atoms with E-state index >= 15 is 0 Å². The van der Waals surface area contributed by atoms with E-state index in [4.69, 9.17) is 0 Å². The van der Waals surface area contributed by atoms with E-state index in [1.165, 1.54) is 0 Å². The van der Waals surface area contributed by atoms with Gasteiger partial charge >= 0.3 is 0 Å². The lowest BCUT2D eigenvalue weighted by molar-refractivity contribution is -0.137. The van der Waals surface area contributed by atoms with Crippen molar-refractivity contribution >= 4 is 5.78 Å². The summed E-state index contributed by atoms with van der Waals surface area (Å²) in [5.41, 5.74) is 0.379. The zero-order valence-electron chi connectivity index (χ0n) is 10.5. The smallest absolute Gasteiger partial charge is 0.194 e. The maximum atomic E-state index is 12.2. The molecule has 1 N–H and O–H groups in total. The van der Waals surface area contributed by atoms with Crippen LogP contribution in [-0.2, 0) is 4.79 Å². The number of ketones is 1. The van der Waals surface area contributed by atoms with E-state index in [1.807, 2.05) is 32.9 Å². The van der Waals surface area contributed by atoms with Gasteiger partial charge < -0.3 is 5.11 Å². The highest BCUT2D eigenvalue weighted by molar-refractivity contribution is 6.06. The van der Waals surface area contributed by atoms with Gasteiger partial charge in [0.1, 0.15) is 5.60 Å². The molecule has 2 nitrogen and oxygen atoms in total. The van der Waals surface area contributed by atoms with Gasteiger partial charge in [0.2, 0.25) is 0 Å². The van der Waals surface area contributed by atoms with Crippen molar-refractivity contribution in [3.63, 3.8) is 0 Å². The molecule has 0 aromatic rings. The Morgan fingerprint density at radius 2 is 2.00 bits per heavy atom. The third kappa shape index (κ3) is 1.40. The van der Waals surface area contributed by atoms with Gasteiger partial charge in [-0.1, -0.05) is 31.6 Å². The molecule has 1 unspecified atom stereocenters. The Labute approximate surface area is 97.0 Å². The minimum Gasteiger partial charge on any atom is -0.381 e. The Morgan fingerprint density at radius 1 is 1.44 bits per heavy atom. The topological polar surface area (TPSA) is 37.3 Å². The standard InChI is InChI=1S/C14H20O2/c1-9(2)7-11-8-10(3)14(5-6-14)13(4,16)12(11)15/h7-9,16H,5-6H2,1-4H3/b11-7+. The maximum Gasteiger partial charge on any atom is 0.194 e. The molecule has 0 heterocycles. The lowest BCUT2D eigenvalue weighted by Crippen LogP contribution is -2.48. The van der Waals surface area contributed by atoms with Crippen molar-refractivity contribution in [3.05, 3.63) is 23.3 Å². The summed E-state index contributed by atoms with van der Waals surface area (Å²) in [7, 11) is 0. The van der Waals surface area contributed by atoms with Crippen LogP contribution in [0.15, 0.2) is 23.3 Å². The van der Waals surface area contributed by atoms with Crippen LogP contribution in [0.5, 0.6) is 0 Å². The lowest BCUT2D eigenvalue weighted by atomic mass is 9.70. The molecular formula is C14H20O2. The number of allylic oxidation sites excluding steroid dienone is 2. The largest absolute Gasteiger partial charge is 0.381 e. The van der Waals surface area contributed by atoms with E-state index in [0.29, 0.717) is 11.5 Å². The van der Waals surface area contributed by atoms with E-state index in [1.54, 1.807) is 6.92 Å². The number of hydrogen-bond donors (Lipinski definition) is 1. The van der Waals surface area contributed by atoms with Crippen LogP contribution in [0, 0.1) is 11.3 Å². The normalized spacial score (nSPS) is 34.8. The van der Waals surface area contributed by atoms with Crippen LogP contribution >= 0.6 is 0 Å². The molecule has 0 saturated heterocycles. The van der Waals surface area contributed by atoms with Crippen molar-refractivity contribution < 1.29 is 9.90 Å². The summed E-state index contributed by atoms with van der Waals surface area (Å²) in [5, 5.41) is 10.5. The second kappa shape index (κ2) is 3.30. The molecular weight excluding hydrogens is 200 g/mol. The van der Waals surface area contributed by atoms with Crippen LogP contribution in [0.25, 0.3) is 0 Å².